The van der Waals surface area contributed by atoms with Crippen molar-refractivity contribution in [2.45, 2.75) is 25.8 Å². The maximum Gasteiger partial charge on any atom is 0.221 e. The van der Waals surface area contributed by atoms with Gasteiger partial charge in [0, 0.05) is 32.4 Å². The van der Waals surface area contributed by atoms with Crippen molar-refractivity contribution in [3.8, 4) is 6.07 Å². The van der Waals surface area contributed by atoms with E-state index >= 15 is 0 Å². The molecule has 0 radical (unpaired) electrons. The average molecular weight is 300 g/mol. The fraction of sp³-hybridized carbons (Fsp3) is 0.529. The summed E-state index contributed by atoms with van der Waals surface area (Å²) in [6.07, 6.45) is 2.47. The summed E-state index contributed by atoms with van der Waals surface area (Å²) in [6.45, 7) is 3.38. The third-order valence-electron chi connectivity index (χ3n) is 4.25. The summed E-state index contributed by atoms with van der Waals surface area (Å²) in [5.41, 5.74) is 7.78. The van der Waals surface area contributed by atoms with Crippen LogP contribution in [-0.2, 0) is 11.3 Å². The summed E-state index contributed by atoms with van der Waals surface area (Å²) in [5.74, 6) is -0.190. The Morgan fingerprint density at radius 3 is 2.82 bits per heavy atom. The summed E-state index contributed by atoms with van der Waals surface area (Å²) >= 11 is 0. The zero-order valence-electron chi connectivity index (χ0n) is 13.2. The Morgan fingerprint density at radius 1 is 1.45 bits per heavy atom. The molecule has 0 bridgehead atoms. The van der Waals surface area contributed by atoms with E-state index in [1.165, 1.54) is 5.56 Å². The Bertz CT molecular complexity index is 535. The smallest absolute Gasteiger partial charge is 0.221 e. The van der Waals surface area contributed by atoms with Crippen LogP contribution in [0.15, 0.2) is 24.3 Å². The predicted molar refractivity (Wildman–Crippen MR) is 87.1 cm³/mol. The fourth-order valence-electron chi connectivity index (χ4n) is 2.89. The van der Waals surface area contributed by atoms with Gasteiger partial charge in [-0.05, 0) is 37.1 Å². The van der Waals surface area contributed by atoms with Gasteiger partial charge in [0.2, 0.25) is 5.91 Å². The summed E-state index contributed by atoms with van der Waals surface area (Å²) in [4.78, 5) is 15.7. The van der Waals surface area contributed by atoms with Crippen molar-refractivity contribution >= 4 is 11.6 Å². The highest BCUT2D eigenvalue weighted by Gasteiger charge is 2.23. The first-order chi connectivity index (χ1) is 10.6. The SMILES string of the molecule is CN(CCC#N)c1ccc(CN2CCC[C@H](C(N)=O)C2)cc1. The Kier molecular flexibility index (Phi) is 5.79. The monoisotopic (exact) mass is 300 g/mol. The minimum Gasteiger partial charge on any atom is -0.374 e. The Hall–Kier alpha value is -2.06. The quantitative estimate of drug-likeness (QED) is 0.868. The Labute approximate surface area is 132 Å². The van der Waals surface area contributed by atoms with Crippen LogP contribution in [0, 0.1) is 17.2 Å². The molecule has 2 N–H and O–H groups in total. The van der Waals surface area contributed by atoms with Crippen LogP contribution < -0.4 is 10.6 Å². The summed E-state index contributed by atoms with van der Waals surface area (Å²) in [6, 6.07) is 10.6. The fourth-order valence-corrected chi connectivity index (χ4v) is 2.89. The number of rotatable bonds is 6. The van der Waals surface area contributed by atoms with Gasteiger partial charge in [-0.1, -0.05) is 12.1 Å². The first-order valence-corrected chi connectivity index (χ1v) is 7.79. The van der Waals surface area contributed by atoms with Crippen molar-refractivity contribution in [1.82, 2.24) is 4.90 Å². The van der Waals surface area contributed by atoms with E-state index in [1.807, 2.05) is 7.05 Å². The lowest BCUT2D eigenvalue weighted by molar-refractivity contribution is -0.123. The van der Waals surface area contributed by atoms with Gasteiger partial charge in [-0.2, -0.15) is 5.26 Å². The zero-order valence-corrected chi connectivity index (χ0v) is 13.2. The predicted octanol–water partition coefficient (Wildman–Crippen LogP) is 1.73. The largest absolute Gasteiger partial charge is 0.374 e. The molecule has 1 aromatic carbocycles. The van der Waals surface area contributed by atoms with E-state index in [-0.39, 0.29) is 11.8 Å². The molecule has 1 heterocycles. The highest BCUT2D eigenvalue weighted by atomic mass is 16.1. The molecule has 5 nitrogen and oxygen atoms in total. The van der Waals surface area contributed by atoms with E-state index in [4.69, 9.17) is 11.0 Å². The lowest BCUT2D eigenvalue weighted by Gasteiger charge is -2.31. The molecule has 1 atom stereocenters. The number of carbonyl (C=O) groups is 1. The number of piperidine rings is 1. The number of nitrogens with two attached hydrogens (primary N) is 1. The van der Waals surface area contributed by atoms with Crippen molar-refractivity contribution < 1.29 is 4.79 Å². The molecule has 0 aromatic heterocycles. The second kappa shape index (κ2) is 7.81. The van der Waals surface area contributed by atoms with Gasteiger partial charge in [0.15, 0.2) is 0 Å². The number of hydrogen-bond acceptors (Lipinski definition) is 4. The van der Waals surface area contributed by atoms with Crippen LogP contribution in [-0.4, -0.2) is 37.5 Å². The van der Waals surface area contributed by atoms with Gasteiger partial charge < -0.3 is 10.6 Å². The molecule has 22 heavy (non-hydrogen) atoms. The van der Waals surface area contributed by atoms with Gasteiger partial charge in [0.05, 0.1) is 18.4 Å². The van der Waals surface area contributed by atoms with Crippen molar-refractivity contribution in [2.75, 3.05) is 31.6 Å². The molecule has 1 aliphatic rings. The van der Waals surface area contributed by atoms with Gasteiger partial charge in [-0.25, -0.2) is 0 Å². The van der Waals surface area contributed by atoms with E-state index in [9.17, 15) is 4.79 Å². The maximum absolute atomic E-state index is 11.3. The minimum atomic E-state index is -0.181. The minimum absolute atomic E-state index is 0.00913. The highest BCUT2D eigenvalue weighted by Crippen LogP contribution is 2.20. The first-order valence-electron chi connectivity index (χ1n) is 7.79. The molecule has 1 aliphatic heterocycles. The van der Waals surface area contributed by atoms with Gasteiger partial charge in [0.1, 0.15) is 0 Å². The molecule has 0 spiro atoms. The van der Waals surface area contributed by atoms with Crippen molar-refractivity contribution in [1.29, 1.82) is 5.26 Å². The van der Waals surface area contributed by atoms with Crippen molar-refractivity contribution in [2.24, 2.45) is 11.7 Å². The number of benzene rings is 1. The molecular weight excluding hydrogens is 276 g/mol. The van der Waals surface area contributed by atoms with E-state index in [1.54, 1.807) is 0 Å². The normalized spacial score (nSPS) is 18.6. The maximum atomic E-state index is 11.3. The average Bonchev–Trinajstić information content (AvgIpc) is 2.53. The molecule has 1 aromatic rings. The second-order valence-electron chi connectivity index (χ2n) is 5.97. The third kappa shape index (κ3) is 4.47. The lowest BCUT2D eigenvalue weighted by Crippen LogP contribution is -2.40. The Morgan fingerprint density at radius 2 is 2.18 bits per heavy atom. The number of primary amides is 1. The lowest BCUT2D eigenvalue weighted by atomic mass is 9.97. The van der Waals surface area contributed by atoms with Crippen molar-refractivity contribution in [3.05, 3.63) is 29.8 Å². The summed E-state index contributed by atoms with van der Waals surface area (Å²) in [7, 11) is 1.99. The van der Waals surface area contributed by atoms with Gasteiger partial charge in [-0.3, -0.25) is 9.69 Å². The van der Waals surface area contributed by atoms with Gasteiger partial charge in [-0.15, -0.1) is 0 Å². The molecule has 0 saturated carbocycles. The molecule has 0 unspecified atom stereocenters. The zero-order chi connectivity index (χ0) is 15.9. The standard InChI is InChI=1S/C17H24N4O/c1-20(10-3-9-18)16-7-5-14(6-8-16)12-21-11-2-4-15(13-21)17(19)22/h5-8,15H,2-4,10-13H2,1H3,(H2,19,22)/t15-/m0/s1. The third-order valence-corrected chi connectivity index (χ3v) is 4.25. The van der Waals surface area contributed by atoms with Gasteiger partial charge >= 0.3 is 0 Å². The summed E-state index contributed by atoms with van der Waals surface area (Å²) in [5, 5.41) is 8.63. The number of nitriles is 1. The number of hydrogen-bond donors (Lipinski definition) is 1. The van der Waals surface area contributed by atoms with E-state index in [0.29, 0.717) is 6.42 Å². The molecule has 1 fully saturated rings. The first kappa shape index (κ1) is 16.3. The number of carbonyl (C=O) groups excluding carboxylic acids is 1. The molecule has 2 rings (SSSR count). The Balaban J connectivity index is 1.91. The van der Waals surface area contributed by atoms with Crippen LogP contribution in [0.25, 0.3) is 0 Å². The van der Waals surface area contributed by atoms with E-state index in [0.717, 1.165) is 44.7 Å². The van der Waals surface area contributed by atoms with E-state index < -0.39 is 0 Å². The molecule has 5 heteroatoms. The van der Waals surface area contributed by atoms with Crippen LogP contribution in [0.5, 0.6) is 0 Å². The van der Waals surface area contributed by atoms with Crippen LogP contribution in [0.1, 0.15) is 24.8 Å². The molecular formula is C17H24N4O. The van der Waals surface area contributed by atoms with Crippen molar-refractivity contribution in [3.63, 3.8) is 0 Å². The number of anilines is 1. The number of nitrogens with zero attached hydrogens (tertiary/aromatic N) is 3. The van der Waals surface area contributed by atoms with Crippen LogP contribution in [0.2, 0.25) is 0 Å². The second-order valence-corrected chi connectivity index (χ2v) is 5.97. The topological polar surface area (TPSA) is 73.4 Å². The molecule has 0 aliphatic carbocycles. The number of amides is 1. The van der Waals surface area contributed by atoms with Crippen LogP contribution in [0.3, 0.4) is 0 Å². The van der Waals surface area contributed by atoms with E-state index in [2.05, 4.69) is 40.1 Å². The molecule has 1 saturated heterocycles. The summed E-state index contributed by atoms with van der Waals surface area (Å²) < 4.78 is 0. The molecule has 1 amide bonds. The van der Waals surface area contributed by atoms with Crippen LogP contribution >= 0.6 is 0 Å². The molecule has 118 valence electrons. The number of likely N-dealkylation sites (tertiary alicyclic amines) is 1. The highest BCUT2D eigenvalue weighted by molar-refractivity contribution is 5.76. The van der Waals surface area contributed by atoms with Crippen LogP contribution in [0.4, 0.5) is 5.69 Å². The van der Waals surface area contributed by atoms with Gasteiger partial charge in [0.25, 0.3) is 0 Å².